The molecule has 2 aromatic heterocycles. The molecule has 2 heterocycles. The molecule has 0 aromatic carbocycles. The topological polar surface area (TPSA) is 44.8 Å². The van der Waals surface area contributed by atoms with Crippen LogP contribution in [0.1, 0.15) is 5.56 Å². The fraction of sp³-hybridized carbons (Fsp3) is 0.111. The summed E-state index contributed by atoms with van der Waals surface area (Å²) in [5.74, 6) is 0.549. The van der Waals surface area contributed by atoms with Gasteiger partial charge in [-0.15, -0.1) is 4.68 Å². The highest BCUT2D eigenvalue weighted by Crippen LogP contribution is 2.05. The Morgan fingerprint density at radius 1 is 1.46 bits per heavy atom. The summed E-state index contributed by atoms with van der Waals surface area (Å²) in [4.78, 5) is 0. The molecular weight excluding hydrogens is 166 g/mol. The first-order valence-corrected chi connectivity index (χ1v) is 3.98. The van der Waals surface area contributed by atoms with Crippen molar-refractivity contribution >= 4 is 0 Å². The molecule has 0 saturated carbocycles. The first kappa shape index (κ1) is 7.79. The summed E-state index contributed by atoms with van der Waals surface area (Å²) in [6.07, 6.45) is 4.85. The summed E-state index contributed by atoms with van der Waals surface area (Å²) in [6, 6.07) is 5.38. The van der Waals surface area contributed by atoms with E-state index < -0.39 is 0 Å². The summed E-state index contributed by atoms with van der Waals surface area (Å²) < 4.78 is 2.37. The monoisotopic (exact) mass is 175 g/mol. The molecule has 0 unspecified atom stereocenters. The third kappa shape index (κ3) is 1.26. The van der Waals surface area contributed by atoms with Gasteiger partial charge < -0.3 is 5.21 Å². The van der Waals surface area contributed by atoms with Crippen LogP contribution in [0, 0.1) is 12.1 Å². The van der Waals surface area contributed by atoms with Crippen molar-refractivity contribution in [1.82, 2.24) is 9.78 Å². The van der Waals surface area contributed by atoms with Crippen molar-refractivity contribution < 1.29 is 4.73 Å². The van der Waals surface area contributed by atoms with Gasteiger partial charge in [0.1, 0.15) is 6.20 Å². The highest BCUT2D eigenvalue weighted by molar-refractivity contribution is 5.26. The first-order chi connectivity index (χ1) is 6.29. The Labute approximate surface area is 75.6 Å². The second-order valence-corrected chi connectivity index (χ2v) is 2.79. The maximum absolute atomic E-state index is 11.4. The molecular formula is C9H9N3O. The van der Waals surface area contributed by atoms with Crippen LogP contribution in [0.2, 0.25) is 0 Å². The summed E-state index contributed by atoms with van der Waals surface area (Å²) in [6.45, 7) is 1.88. The van der Waals surface area contributed by atoms with Gasteiger partial charge in [0.15, 0.2) is 0 Å². The van der Waals surface area contributed by atoms with Crippen molar-refractivity contribution in [3.8, 4) is 5.82 Å². The number of nitrogens with zero attached hydrogens (tertiary/aromatic N) is 3. The lowest BCUT2D eigenvalue weighted by molar-refractivity contribution is -0.600. The average molecular weight is 175 g/mol. The maximum Gasteiger partial charge on any atom is 0.312 e. The van der Waals surface area contributed by atoms with Crippen LogP contribution in [0.15, 0.2) is 36.8 Å². The minimum absolute atomic E-state index is 0.549. The molecule has 66 valence electrons. The molecule has 0 aliphatic carbocycles. The number of hydrogen-bond donors (Lipinski definition) is 0. The van der Waals surface area contributed by atoms with Crippen LogP contribution >= 0.6 is 0 Å². The van der Waals surface area contributed by atoms with Gasteiger partial charge in [0, 0.05) is 11.6 Å². The van der Waals surface area contributed by atoms with Crippen LogP contribution < -0.4 is 4.73 Å². The van der Waals surface area contributed by atoms with E-state index in [0.717, 1.165) is 10.3 Å². The van der Waals surface area contributed by atoms with Gasteiger partial charge in [0.2, 0.25) is 0 Å². The minimum atomic E-state index is 0.549. The van der Waals surface area contributed by atoms with E-state index in [0.29, 0.717) is 5.82 Å². The molecule has 0 amide bonds. The normalized spacial score (nSPS) is 10.2. The smallest absolute Gasteiger partial charge is 0.312 e. The second kappa shape index (κ2) is 2.90. The van der Waals surface area contributed by atoms with E-state index >= 15 is 0 Å². The van der Waals surface area contributed by atoms with E-state index in [-0.39, 0.29) is 0 Å². The van der Waals surface area contributed by atoms with Gasteiger partial charge in [-0.05, 0) is 19.1 Å². The fourth-order valence-corrected chi connectivity index (χ4v) is 1.26. The first-order valence-electron chi connectivity index (χ1n) is 3.98. The number of aryl methyl sites for hydroxylation is 1. The molecule has 13 heavy (non-hydrogen) atoms. The van der Waals surface area contributed by atoms with E-state index in [2.05, 4.69) is 5.10 Å². The number of rotatable bonds is 1. The van der Waals surface area contributed by atoms with Crippen molar-refractivity contribution in [2.24, 2.45) is 0 Å². The summed E-state index contributed by atoms with van der Waals surface area (Å²) in [5, 5.41) is 15.4. The summed E-state index contributed by atoms with van der Waals surface area (Å²) in [7, 11) is 0. The van der Waals surface area contributed by atoms with Crippen molar-refractivity contribution in [3.63, 3.8) is 0 Å². The predicted molar refractivity (Wildman–Crippen MR) is 47.3 cm³/mol. The Hall–Kier alpha value is -1.84. The quantitative estimate of drug-likeness (QED) is 0.475. The SMILES string of the molecule is Cc1ccc[n+]([O-])c1-n1cccn1. The Morgan fingerprint density at radius 2 is 2.31 bits per heavy atom. The van der Waals surface area contributed by atoms with E-state index in [1.54, 1.807) is 29.2 Å². The summed E-state index contributed by atoms with van der Waals surface area (Å²) in [5.41, 5.74) is 0.904. The number of hydrogen-bond acceptors (Lipinski definition) is 2. The number of pyridine rings is 1. The predicted octanol–water partition coefficient (Wildman–Crippen LogP) is 0.814. The van der Waals surface area contributed by atoms with Crippen LogP contribution in [0.5, 0.6) is 0 Å². The van der Waals surface area contributed by atoms with Gasteiger partial charge >= 0.3 is 5.82 Å². The maximum atomic E-state index is 11.4. The molecule has 0 radical (unpaired) electrons. The molecule has 0 N–H and O–H groups in total. The Kier molecular flexibility index (Phi) is 1.73. The third-order valence-electron chi connectivity index (χ3n) is 1.85. The van der Waals surface area contributed by atoms with E-state index in [4.69, 9.17) is 0 Å². The largest absolute Gasteiger partial charge is 0.711 e. The van der Waals surface area contributed by atoms with Gasteiger partial charge in [-0.25, -0.2) is 4.73 Å². The Balaban J connectivity index is 2.64. The highest BCUT2D eigenvalue weighted by Gasteiger charge is 2.10. The highest BCUT2D eigenvalue weighted by atomic mass is 16.5. The molecule has 0 aliphatic rings. The Bertz CT molecular complexity index is 389. The van der Waals surface area contributed by atoms with Gasteiger partial charge in [-0.3, -0.25) is 0 Å². The lowest BCUT2D eigenvalue weighted by Crippen LogP contribution is -2.32. The molecule has 0 fully saturated rings. The lowest BCUT2D eigenvalue weighted by Gasteiger charge is -2.07. The third-order valence-corrected chi connectivity index (χ3v) is 1.85. The van der Waals surface area contributed by atoms with Gasteiger partial charge in [0.05, 0.1) is 12.4 Å². The Morgan fingerprint density at radius 3 is 2.92 bits per heavy atom. The number of aromatic nitrogens is 3. The molecule has 2 aromatic rings. The molecule has 0 atom stereocenters. The summed E-state index contributed by atoms with van der Waals surface area (Å²) >= 11 is 0. The fourth-order valence-electron chi connectivity index (χ4n) is 1.26. The van der Waals surface area contributed by atoms with Crippen LogP contribution in [0.25, 0.3) is 5.82 Å². The van der Waals surface area contributed by atoms with Crippen LogP contribution in [-0.4, -0.2) is 9.78 Å². The zero-order valence-corrected chi connectivity index (χ0v) is 7.21. The zero-order valence-electron chi connectivity index (χ0n) is 7.21. The van der Waals surface area contributed by atoms with E-state index in [9.17, 15) is 5.21 Å². The van der Waals surface area contributed by atoms with Crippen LogP contribution in [0.4, 0.5) is 0 Å². The molecule has 4 nitrogen and oxygen atoms in total. The molecule has 0 aliphatic heterocycles. The van der Waals surface area contributed by atoms with E-state index in [1.165, 1.54) is 6.20 Å². The van der Waals surface area contributed by atoms with E-state index in [1.807, 2.05) is 13.0 Å². The standard InChI is InChI=1S/C9H9N3O/c1-8-4-2-7-12(13)9(8)11-6-3-5-10-11/h2-7H,1H3. The average Bonchev–Trinajstić information content (AvgIpc) is 2.57. The van der Waals surface area contributed by atoms with Crippen LogP contribution in [-0.2, 0) is 0 Å². The zero-order chi connectivity index (χ0) is 9.26. The van der Waals surface area contributed by atoms with Crippen molar-refractivity contribution in [3.05, 3.63) is 47.6 Å². The van der Waals surface area contributed by atoms with Gasteiger partial charge in [-0.1, -0.05) is 5.10 Å². The molecule has 0 bridgehead atoms. The lowest BCUT2D eigenvalue weighted by atomic mass is 10.3. The van der Waals surface area contributed by atoms with Crippen molar-refractivity contribution in [2.45, 2.75) is 6.92 Å². The second-order valence-electron chi connectivity index (χ2n) is 2.79. The van der Waals surface area contributed by atoms with Gasteiger partial charge in [-0.2, -0.15) is 0 Å². The van der Waals surface area contributed by atoms with Crippen molar-refractivity contribution in [2.75, 3.05) is 0 Å². The molecule has 2 rings (SSSR count). The molecule has 0 saturated heterocycles. The van der Waals surface area contributed by atoms with Gasteiger partial charge in [0.25, 0.3) is 0 Å². The van der Waals surface area contributed by atoms with Crippen LogP contribution in [0.3, 0.4) is 0 Å². The molecule has 0 spiro atoms. The van der Waals surface area contributed by atoms with Crippen molar-refractivity contribution in [1.29, 1.82) is 0 Å². The minimum Gasteiger partial charge on any atom is -0.711 e. The molecule has 4 heteroatoms.